The number of halogens is 1. The standard InChI is InChI=1S/C26H30FN7O2/c1-3-24(35)30-20-5-4-6-21(15-20)31-25-23(36-2)16-28-26(33-25)32-19-9-7-18(8-10-19)29-22-11-13-34(17-22)14-12-27/h3-10,15-16,22,29H,1,11-14,17H2,2H3,(H,30,35)(H2,28,31,32,33)/t22-/m0/s1. The molecule has 1 aliphatic rings. The molecular weight excluding hydrogens is 461 g/mol. The summed E-state index contributed by atoms with van der Waals surface area (Å²) in [6.45, 7) is 5.42. The van der Waals surface area contributed by atoms with Gasteiger partial charge in [0, 0.05) is 48.4 Å². The van der Waals surface area contributed by atoms with Crippen molar-refractivity contribution in [2.75, 3.05) is 54.7 Å². The maximum absolute atomic E-state index is 12.6. The molecule has 0 spiro atoms. The second-order valence-electron chi connectivity index (χ2n) is 8.33. The molecule has 1 amide bonds. The van der Waals surface area contributed by atoms with Crippen molar-refractivity contribution in [3.05, 3.63) is 67.4 Å². The smallest absolute Gasteiger partial charge is 0.247 e. The number of carbonyl (C=O) groups is 1. The molecule has 1 atom stereocenters. The van der Waals surface area contributed by atoms with Gasteiger partial charge in [-0.3, -0.25) is 9.69 Å². The number of methoxy groups -OCH3 is 1. The van der Waals surface area contributed by atoms with Crippen molar-refractivity contribution in [3.8, 4) is 5.75 Å². The van der Waals surface area contributed by atoms with Crippen LogP contribution in [0.15, 0.2) is 67.4 Å². The number of rotatable bonds is 11. The van der Waals surface area contributed by atoms with Crippen LogP contribution in [0.25, 0.3) is 0 Å². The van der Waals surface area contributed by atoms with Crippen molar-refractivity contribution in [2.45, 2.75) is 12.5 Å². The van der Waals surface area contributed by atoms with E-state index in [0.717, 1.165) is 30.9 Å². The van der Waals surface area contributed by atoms with Gasteiger partial charge >= 0.3 is 0 Å². The number of carbonyl (C=O) groups excluding carboxylic acids is 1. The predicted octanol–water partition coefficient (Wildman–Crippen LogP) is 4.55. The van der Waals surface area contributed by atoms with Crippen molar-refractivity contribution in [2.24, 2.45) is 0 Å². The molecule has 1 aliphatic heterocycles. The van der Waals surface area contributed by atoms with E-state index in [2.05, 4.69) is 42.7 Å². The summed E-state index contributed by atoms with van der Waals surface area (Å²) < 4.78 is 18.0. The fraction of sp³-hybridized carbons (Fsp3) is 0.269. The Morgan fingerprint density at radius 1 is 1.17 bits per heavy atom. The van der Waals surface area contributed by atoms with Crippen LogP contribution in [0, 0.1) is 0 Å². The van der Waals surface area contributed by atoms with E-state index in [1.54, 1.807) is 25.4 Å². The van der Waals surface area contributed by atoms with Gasteiger partial charge in [0.25, 0.3) is 0 Å². The van der Waals surface area contributed by atoms with E-state index in [9.17, 15) is 9.18 Å². The molecule has 0 radical (unpaired) electrons. The lowest BCUT2D eigenvalue weighted by Gasteiger charge is -2.16. The summed E-state index contributed by atoms with van der Waals surface area (Å²) >= 11 is 0. The van der Waals surface area contributed by atoms with Crippen LogP contribution in [0.4, 0.5) is 38.9 Å². The first-order valence-corrected chi connectivity index (χ1v) is 11.7. The Bertz CT molecular complexity index is 1190. The zero-order chi connectivity index (χ0) is 25.3. The Balaban J connectivity index is 1.41. The molecule has 0 saturated carbocycles. The van der Waals surface area contributed by atoms with E-state index in [1.165, 1.54) is 6.08 Å². The van der Waals surface area contributed by atoms with Crippen LogP contribution in [0.1, 0.15) is 6.42 Å². The van der Waals surface area contributed by atoms with Crippen molar-refractivity contribution in [1.82, 2.24) is 14.9 Å². The van der Waals surface area contributed by atoms with Gasteiger partial charge < -0.3 is 26.0 Å². The number of alkyl halides is 1. The lowest BCUT2D eigenvalue weighted by atomic mass is 10.2. The number of hydrogen-bond donors (Lipinski definition) is 4. The molecule has 2 heterocycles. The zero-order valence-electron chi connectivity index (χ0n) is 20.1. The lowest BCUT2D eigenvalue weighted by Crippen LogP contribution is -2.27. The van der Waals surface area contributed by atoms with Crippen LogP contribution in [0.5, 0.6) is 5.75 Å². The van der Waals surface area contributed by atoms with Crippen molar-refractivity contribution in [1.29, 1.82) is 0 Å². The first-order chi connectivity index (χ1) is 17.6. The molecule has 1 fully saturated rings. The normalized spacial score (nSPS) is 15.2. The van der Waals surface area contributed by atoms with Crippen molar-refractivity contribution >= 4 is 40.4 Å². The Labute approximate surface area is 209 Å². The third-order valence-electron chi connectivity index (χ3n) is 5.74. The summed E-state index contributed by atoms with van der Waals surface area (Å²) in [5.41, 5.74) is 3.18. The minimum atomic E-state index is -0.307. The van der Waals surface area contributed by atoms with Crippen LogP contribution in [0.2, 0.25) is 0 Å². The third kappa shape index (κ3) is 6.70. The number of nitrogens with zero attached hydrogens (tertiary/aromatic N) is 3. The molecule has 3 aromatic rings. The lowest BCUT2D eigenvalue weighted by molar-refractivity contribution is -0.111. The molecule has 10 heteroatoms. The molecule has 0 aliphatic carbocycles. The Hall–Kier alpha value is -4.18. The molecule has 0 bridgehead atoms. The zero-order valence-corrected chi connectivity index (χ0v) is 20.1. The SMILES string of the molecule is C=CC(=O)Nc1cccc(Nc2nc(Nc3ccc(N[C@H]4CCN(CCF)C4)cc3)ncc2OC)c1. The summed E-state index contributed by atoms with van der Waals surface area (Å²) in [5, 5.41) is 12.7. The third-order valence-corrected chi connectivity index (χ3v) is 5.74. The van der Waals surface area contributed by atoms with E-state index in [4.69, 9.17) is 4.74 Å². The van der Waals surface area contributed by atoms with Gasteiger partial charge in [0.15, 0.2) is 11.6 Å². The summed E-state index contributed by atoms with van der Waals surface area (Å²) in [7, 11) is 1.55. The van der Waals surface area contributed by atoms with Crippen LogP contribution < -0.4 is 26.0 Å². The average Bonchev–Trinajstić information content (AvgIpc) is 3.32. The van der Waals surface area contributed by atoms with E-state index in [-0.39, 0.29) is 12.6 Å². The highest BCUT2D eigenvalue weighted by Crippen LogP contribution is 2.28. The van der Waals surface area contributed by atoms with Gasteiger partial charge in [0.1, 0.15) is 6.67 Å². The first kappa shape index (κ1) is 24.9. The summed E-state index contributed by atoms with van der Waals surface area (Å²) in [4.78, 5) is 22.6. The van der Waals surface area contributed by atoms with Crippen LogP contribution in [-0.4, -0.2) is 60.2 Å². The first-order valence-electron chi connectivity index (χ1n) is 11.7. The summed E-state index contributed by atoms with van der Waals surface area (Å²) in [6.07, 6.45) is 3.80. The monoisotopic (exact) mass is 491 g/mol. The van der Waals surface area contributed by atoms with E-state index >= 15 is 0 Å². The molecule has 0 unspecified atom stereocenters. The number of likely N-dealkylation sites (tertiary alicyclic amines) is 1. The molecular formula is C26H30FN7O2. The molecule has 2 aromatic carbocycles. The Morgan fingerprint density at radius 2 is 1.94 bits per heavy atom. The van der Waals surface area contributed by atoms with Gasteiger partial charge in [-0.05, 0) is 55.0 Å². The van der Waals surface area contributed by atoms with Gasteiger partial charge in [0.2, 0.25) is 11.9 Å². The minimum absolute atomic E-state index is 0.290. The van der Waals surface area contributed by atoms with Gasteiger partial charge in [-0.15, -0.1) is 0 Å². The van der Waals surface area contributed by atoms with Crippen LogP contribution >= 0.6 is 0 Å². The van der Waals surface area contributed by atoms with Gasteiger partial charge in [-0.25, -0.2) is 9.37 Å². The molecule has 1 saturated heterocycles. The predicted molar refractivity (Wildman–Crippen MR) is 141 cm³/mol. The molecule has 188 valence electrons. The number of ether oxygens (including phenoxy) is 1. The van der Waals surface area contributed by atoms with E-state index in [1.807, 2.05) is 36.4 Å². The molecule has 9 nitrogen and oxygen atoms in total. The average molecular weight is 492 g/mol. The molecule has 1 aromatic heterocycles. The van der Waals surface area contributed by atoms with E-state index in [0.29, 0.717) is 41.5 Å². The second kappa shape index (κ2) is 12.0. The van der Waals surface area contributed by atoms with E-state index < -0.39 is 0 Å². The Kier molecular flexibility index (Phi) is 8.30. The number of aromatic nitrogens is 2. The molecule has 4 rings (SSSR count). The number of amides is 1. The Morgan fingerprint density at radius 3 is 2.69 bits per heavy atom. The maximum Gasteiger partial charge on any atom is 0.247 e. The number of benzene rings is 2. The fourth-order valence-corrected chi connectivity index (χ4v) is 3.96. The number of hydrogen-bond acceptors (Lipinski definition) is 8. The minimum Gasteiger partial charge on any atom is -0.491 e. The number of nitrogens with one attached hydrogen (secondary N) is 4. The molecule has 36 heavy (non-hydrogen) atoms. The van der Waals surface area contributed by atoms with Gasteiger partial charge in [-0.2, -0.15) is 4.98 Å². The van der Waals surface area contributed by atoms with Crippen molar-refractivity contribution in [3.63, 3.8) is 0 Å². The number of anilines is 6. The van der Waals surface area contributed by atoms with Gasteiger partial charge in [0.05, 0.1) is 13.3 Å². The van der Waals surface area contributed by atoms with Gasteiger partial charge in [-0.1, -0.05) is 12.6 Å². The maximum atomic E-state index is 12.6. The highest BCUT2D eigenvalue weighted by molar-refractivity contribution is 5.99. The van der Waals surface area contributed by atoms with Crippen LogP contribution in [0.3, 0.4) is 0 Å². The fourth-order valence-electron chi connectivity index (χ4n) is 3.96. The highest BCUT2D eigenvalue weighted by atomic mass is 19.1. The van der Waals surface area contributed by atoms with Crippen LogP contribution in [-0.2, 0) is 4.79 Å². The summed E-state index contributed by atoms with van der Waals surface area (Å²) in [5.74, 6) is 1.05. The topological polar surface area (TPSA) is 103 Å². The quantitative estimate of drug-likeness (QED) is 0.290. The van der Waals surface area contributed by atoms with Crippen molar-refractivity contribution < 1.29 is 13.9 Å². The summed E-state index contributed by atoms with van der Waals surface area (Å²) in [6, 6.07) is 15.4. The molecule has 4 N–H and O–H groups in total. The largest absolute Gasteiger partial charge is 0.491 e. The second-order valence-corrected chi connectivity index (χ2v) is 8.33. The highest BCUT2D eigenvalue weighted by Gasteiger charge is 2.21.